The molecule has 1 aliphatic rings. The van der Waals surface area contributed by atoms with Gasteiger partial charge in [0.05, 0.1) is 7.11 Å². The van der Waals surface area contributed by atoms with Gasteiger partial charge in [0, 0.05) is 12.0 Å². The molecule has 0 bridgehead atoms. The smallest absolute Gasteiger partial charge is 0.341 e. The predicted molar refractivity (Wildman–Crippen MR) is 63.9 cm³/mol. The van der Waals surface area contributed by atoms with Crippen molar-refractivity contribution < 1.29 is 13.9 Å². The van der Waals surface area contributed by atoms with Gasteiger partial charge in [0.15, 0.2) is 0 Å². The highest BCUT2D eigenvalue weighted by Crippen LogP contribution is 2.64. The Hall–Kier alpha value is -1.29. The van der Waals surface area contributed by atoms with Gasteiger partial charge in [-0.1, -0.05) is 13.8 Å². The van der Waals surface area contributed by atoms with Gasteiger partial charge in [0.25, 0.3) is 0 Å². The Morgan fingerprint density at radius 2 is 2.18 bits per heavy atom. The summed E-state index contributed by atoms with van der Waals surface area (Å²) in [7, 11) is 1.37. The molecule has 0 amide bonds. The average molecular weight is 237 g/mol. The van der Waals surface area contributed by atoms with Crippen LogP contribution in [0.15, 0.2) is 10.5 Å². The molecule has 2 N–H and O–H groups in total. The number of nitrogens with two attached hydrogens (primary N) is 1. The molecule has 0 saturated heterocycles. The Balaban J connectivity index is 2.39. The van der Waals surface area contributed by atoms with E-state index in [0.717, 1.165) is 12.2 Å². The Morgan fingerprint density at radius 1 is 1.59 bits per heavy atom. The topological polar surface area (TPSA) is 65.5 Å². The van der Waals surface area contributed by atoms with Crippen LogP contribution in [0.1, 0.15) is 42.1 Å². The van der Waals surface area contributed by atoms with E-state index < -0.39 is 0 Å². The van der Waals surface area contributed by atoms with E-state index in [0.29, 0.717) is 17.9 Å². The molecule has 1 aliphatic carbocycles. The van der Waals surface area contributed by atoms with Crippen LogP contribution < -0.4 is 5.73 Å². The van der Waals surface area contributed by atoms with E-state index in [2.05, 4.69) is 13.8 Å². The molecule has 1 atom stereocenters. The molecule has 94 valence electrons. The predicted octanol–water partition coefficient (Wildman–Crippen LogP) is 2.00. The fourth-order valence-electron chi connectivity index (χ4n) is 2.61. The van der Waals surface area contributed by atoms with E-state index in [1.165, 1.54) is 7.11 Å². The van der Waals surface area contributed by atoms with E-state index in [-0.39, 0.29) is 16.8 Å². The first-order valence-electron chi connectivity index (χ1n) is 5.77. The largest absolute Gasteiger partial charge is 0.465 e. The summed E-state index contributed by atoms with van der Waals surface area (Å²) < 4.78 is 10.4. The number of methoxy groups -OCH3 is 1. The fraction of sp³-hybridized carbons (Fsp3) is 0.615. The highest BCUT2D eigenvalue weighted by molar-refractivity contribution is 5.90. The number of rotatable bonds is 3. The maximum Gasteiger partial charge on any atom is 0.341 e. The second kappa shape index (κ2) is 3.60. The third-order valence-electron chi connectivity index (χ3n) is 4.06. The second-order valence-electron chi connectivity index (χ2n) is 5.42. The van der Waals surface area contributed by atoms with E-state index in [9.17, 15) is 4.79 Å². The van der Waals surface area contributed by atoms with E-state index in [1.54, 1.807) is 13.0 Å². The standard InChI is InChI=1S/C13H19NO3/c1-8-9(11(15)16-4)5-10(17-8)13(7-14)6-12(13,2)3/h5H,6-7,14H2,1-4H3. The minimum atomic E-state index is -0.358. The molecule has 1 unspecified atom stereocenters. The van der Waals surface area contributed by atoms with Gasteiger partial charge in [0.1, 0.15) is 17.1 Å². The minimum Gasteiger partial charge on any atom is -0.465 e. The molecular weight excluding hydrogens is 218 g/mol. The molecule has 1 fully saturated rings. The lowest BCUT2D eigenvalue weighted by molar-refractivity contribution is 0.0599. The molecule has 0 radical (unpaired) electrons. The van der Waals surface area contributed by atoms with Gasteiger partial charge < -0.3 is 14.9 Å². The maximum atomic E-state index is 11.5. The van der Waals surface area contributed by atoms with Crippen LogP contribution in [0.2, 0.25) is 0 Å². The third-order valence-corrected chi connectivity index (χ3v) is 4.06. The van der Waals surface area contributed by atoms with Crippen LogP contribution in [0.25, 0.3) is 0 Å². The molecule has 2 rings (SSSR count). The lowest BCUT2D eigenvalue weighted by Gasteiger charge is -2.15. The summed E-state index contributed by atoms with van der Waals surface area (Å²) in [5.74, 6) is 1.05. The summed E-state index contributed by atoms with van der Waals surface area (Å²) in [6.07, 6.45) is 0.990. The number of esters is 1. The van der Waals surface area contributed by atoms with Crippen molar-refractivity contribution in [1.29, 1.82) is 0 Å². The van der Waals surface area contributed by atoms with Crippen molar-refractivity contribution >= 4 is 5.97 Å². The monoisotopic (exact) mass is 237 g/mol. The van der Waals surface area contributed by atoms with Crippen LogP contribution in [0.5, 0.6) is 0 Å². The molecule has 1 heterocycles. The molecule has 1 aromatic rings. The number of carbonyl (C=O) groups is 1. The molecular formula is C13H19NO3. The van der Waals surface area contributed by atoms with E-state index >= 15 is 0 Å². The first-order chi connectivity index (χ1) is 7.88. The zero-order valence-corrected chi connectivity index (χ0v) is 10.8. The van der Waals surface area contributed by atoms with Crippen molar-refractivity contribution in [3.63, 3.8) is 0 Å². The molecule has 4 nitrogen and oxygen atoms in total. The summed E-state index contributed by atoms with van der Waals surface area (Å²) >= 11 is 0. The normalized spacial score (nSPS) is 25.7. The summed E-state index contributed by atoms with van der Waals surface area (Å²) in [6, 6.07) is 1.78. The molecule has 4 heteroatoms. The van der Waals surface area contributed by atoms with Crippen molar-refractivity contribution in [3.05, 3.63) is 23.2 Å². The van der Waals surface area contributed by atoms with Gasteiger partial charge in [0.2, 0.25) is 0 Å². The third kappa shape index (κ3) is 1.59. The van der Waals surface area contributed by atoms with Gasteiger partial charge in [-0.25, -0.2) is 4.79 Å². The quantitative estimate of drug-likeness (QED) is 0.816. The number of hydrogen-bond donors (Lipinski definition) is 1. The lowest BCUT2D eigenvalue weighted by atomic mass is 9.93. The van der Waals surface area contributed by atoms with Gasteiger partial charge in [-0.3, -0.25) is 0 Å². The summed E-state index contributed by atoms with van der Waals surface area (Å²) in [5.41, 5.74) is 6.38. The molecule has 0 aromatic carbocycles. The fourth-order valence-corrected chi connectivity index (χ4v) is 2.61. The number of ether oxygens (including phenoxy) is 1. The first kappa shape index (κ1) is 12.2. The van der Waals surface area contributed by atoms with Crippen molar-refractivity contribution in [1.82, 2.24) is 0 Å². The number of carbonyl (C=O) groups excluding carboxylic acids is 1. The van der Waals surface area contributed by atoms with Gasteiger partial charge in [-0.2, -0.15) is 0 Å². The molecule has 17 heavy (non-hydrogen) atoms. The van der Waals surface area contributed by atoms with Crippen LogP contribution >= 0.6 is 0 Å². The number of furan rings is 1. The molecule has 1 saturated carbocycles. The van der Waals surface area contributed by atoms with Crippen molar-refractivity contribution in [2.75, 3.05) is 13.7 Å². The zero-order chi connectivity index (χ0) is 12.8. The van der Waals surface area contributed by atoms with Gasteiger partial charge >= 0.3 is 5.97 Å². The molecule has 1 aromatic heterocycles. The van der Waals surface area contributed by atoms with E-state index in [4.69, 9.17) is 14.9 Å². The summed E-state index contributed by atoms with van der Waals surface area (Å²) in [5, 5.41) is 0. The Morgan fingerprint density at radius 3 is 2.59 bits per heavy atom. The van der Waals surface area contributed by atoms with Crippen LogP contribution in [0, 0.1) is 12.3 Å². The van der Waals surface area contributed by atoms with Crippen molar-refractivity contribution in [3.8, 4) is 0 Å². The van der Waals surface area contributed by atoms with Crippen LogP contribution in [-0.4, -0.2) is 19.6 Å². The Bertz CT molecular complexity index is 461. The van der Waals surface area contributed by atoms with Crippen LogP contribution in [0.3, 0.4) is 0 Å². The molecule has 0 spiro atoms. The number of hydrogen-bond acceptors (Lipinski definition) is 4. The summed E-state index contributed by atoms with van der Waals surface area (Å²) in [6.45, 7) is 6.63. The lowest BCUT2D eigenvalue weighted by Crippen LogP contribution is -2.24. The number of aryl methyl sites for hydroxylation is 1. The second-order valence-corrected chi connectivity index (χ2v) is 5.42. The maximum absolute atomic E-state index is 11.5. The van der Waals surface area contributed by atoms with Crippen molar-refractivity contribution in [2.24, 2.45) is 11.1 Å². The van der Waals surface area contributed by atoms with Crippen LogP contribution in [-0.2, 0) is 10.2 Å². The van der Waals surface area contributed by atoms with Crippen molar-refractivity contribution in [2.45, 2.75) is 32.6 Å². The Kier molecular flexibility index (Phi) is 2.58. The zero-order valence-electron chi connectivity index (χ0n) is 10.8. The highest BCUT2D eigenvalue weighted by atomic mass is 16.5. The highest BCUT2D eigenvalue weighted by Gasteiger charge is 2.63. The SMILES string of the molecule is COC(=O)c1cc(C2(CN)CC2(C)C)oc1C. The summed E-state index contributed by atoms with van der Waals surface area (Å²) in [4.78, 5) is 11.5. The van der Waals surface area contributed by atoms with Gasteiger partial charge in [-0.05, 0) is 24.8 Å². The van der Waals surface area contributed by atoms with Gasteiger partial charge in [-0.15, -0.1) is 0 Å². The minimum absolute atomic E-state index is 0.121. The first-order valence-corrected chi connectivity index (χ1v) is 5.77. The van der Waals surface area contributed by atoms with E-state index in [1.807, 2.05) is 0 Å². The average Bonchev–Trinajstić information content (AvgIpc) is 2.65. The van der Waals surface area contributed by atoms with Crippen LogP contribution in [0.4, 0.5) is 0 Å². The molecule has 0 aliphatic heterocycles. The Labute approximate surface area is 101 Å².